The van der Waals surface area contributed by atoms with Gasteiger partial charge in [-0.3, -0.25) is 18.9 Å². The number of aliphatic carboxylic acids is 1. The molecule has 1 atom stereocenters. The highest BCUT2D eigenvalue weighted by Crippen LogP contribution is 2.20. The number of hydrogen-bond acceptors (Lipinski definition) is 5. The van der Waals surface area contributed by atoms with Crippen LogP contribution in [0, 0.1) is 4.77 Å². The van der Waals surface area contributed by atoms with Gasteiger partial charge in [0.05, 0.1) is 0 Å². The lowest BCUT2D eigenvalue weighted by molar-refractivity contribution is -0.138. The van der Waals surface area contributed by atoms with Crippen molar-refractivity contribution < 1.29 is 15.0 Å². The summed E-state index contributed by atoms with van der Waals surface area (Å²) in [6, 6.07) is 6.44. The first-order valence-corrected chi connectivity index (χ1v) is 8.52. The number of hydrogen-bond donors (Lipinski definition) is 3. The predicted molar refractivity (Wildman–Crippen MR) is 104 cm³/mol. The average molecular weight is 386 g/mol. The molecule has 27 heavy (non-hydrogen) atoms. The number of carboxylic acids is 1. The van der Waals surface area contributed by atoms with Gasteiger partial charge >= 0.3 is 5.97 Å². The Bertz CT molecular complexity index is 1170. The van der Waals surface area contributed by atoms with E-state index in [1.54, 1.807) is 6.20 Å². The number of benzene rings is 1. The molecule has 0 fully saturated rings. The van der Waals surface area contributed by atoms with E-state index in [1.807, 2.05) is 24.3 Å². The Morgan fingerprint density at radius 3 is 2.74 bits per heavy atom. The Kier molecular flexibility index (Phi) is 4.95. The summed E-state index contributed by atoms with van der Waals surface area (Å²) in [5.74, 6) is -1.49. The Labute approximate surface area is 159 Å². The Morgan fingerprint density at radius 1 is 1.33 bits per heavy atom. The molecular formula is C18H18N4O4S. The smallest absolute Gasteiger partial charge is 0.328 e. The fraction of sp³-hybridized carbons (Fsp3) is 0.222. The maximum atomic E-state index is 12.3. The summed E-state index contributed by atoms with van der Waals surface area (Å²) in [5, 5.41) is 20.6. The SMILES string of the molecule is Cn1c(O)c(C=N[C@H](Cc2c[nH]c3ccccc23)C(=O)O)c(=O)n(C)c1=S. The third-order valence-corrected chi connectivity index (χ3v) is 4.97. The lowest BCUT2D eigenvalue weighted by Gasteiger charge is -2.10. The van der Waals surface area contributed by atoms with Crippen LogP contribution in [-0.2, 0) is 25.3 Å². The van der Waals surface area contributed by atoms with Gasteiger partial charge in [0.1, 0.15) is 5.56 Å². The average Bonchev–Trinajstić information content (AvgIpc) is 3.06. The molecule has 8 nitrogen and oxygen atoms in total. The molecule has 0 saturated carbocycles. The zero-order chi connectivity index (χ0) is 19.7. The minimum atomic E-state index is -1.13. The number of aromatic nitrogens is 3. The molecule has 140 valence electrons. The Morgan fingerprint density at radius 2 is 2.04 bits per heavy atom. The molecule has 0 spiro atoms. The molecule has 0 saturated heterocycles. The van der Waals surface area contributed by atoms with Gasteiger partial charge in [0.25, 0.3) is 5.56 Å². The summed E-state index contributed by atoms with van der Waals surface area (Å²) in [4.78, 5) is 31.1. The zero-order valence-electron chi connectivity index (χ0n) is 14.7. The van der Waals surface area contributed by atoms with Gasteiger partial charge in [0.15, 0.2) is 10.8 Å². The maximum absolute atomic E-state index is 12.3. The normalized spacial score (nSPS) is 12.7. The summed E-state index contributed by atoms with van der Waals surface area (Å²) in [7, 11) is 2.98. The minimum Gasteiger partial charge on any atom is -0.494 e. The van der Waals surface area contributed by atoms with Gasteiger partial charge in [-0.25, -0.2) is 4.79 Å². The number of nitrogens with one attached hydrogen (secondary N) is 1. The van der Waals surface area contributed by atoms with E-state index in [2.05, 4.69) is 9.98 Å². The number of para-hydroxylation sites is 1. The van der Waals surface area contributed by atoms with Crippen LogP contribution in [0.1, 0.15) is 11.1 Å². The number of rotatable bonds is 5. The fourth-order valence-corrected chi connectivity index (χ4v) is 3.02. The van der Waals surface area contributed by atoms with Crippen LogP contribution >= 0.6 is 12.2 Å². The first kappa shape index (κ1) is 18.6. The summed E-state index contributed by atoms with van der Waals surface area (Å²) in [6.45, 7) is 0. The van der Waals surface area contributed by atoms with E-state index < -0.39 is 17.6 Å². The molecule has 3 N–H and O–H groups in total. The summed E-state index contributed by atoms with van der Waals surface area (Å²) in [5.41, 5.74) is 1.05. The number of H-pyrrole nitrogens is 1. The number of nitrogens with zero attached hydrogens (tertiary/aromatic N) is 3. The molecule has 0 unspecified atom stereocenters. The molecule has 0 amide bonds. The van der Waals surface area contributed by atoms with Crippen molar-refractivity contribution in [2.75, 3.05) is 0 Å². The number of aromatic hydroxyl groups is 1. The molecule has 0 aliphatic rings. The van der Waals surface area contributed by atoms with Gasteiger partial charge < -0.3 is 15.2 Å². The first-order chi connectivity index (χ1) is 12.8. The van der Waals surface area contributed by atoms with E-state index in [1.165, 1.54) is 23.2 Å². The summed E-state index contributed by atoms with van der Waals surface area (Å²) >= 11 is 5.05. The summed E-state index contributed by atoms with van der Waals surface area (Å²) in [6.07, 6.45) is 2.99. The zero-order valence-corrected chi connectivity index (χ0v) is 15.5. The van der Waals surface area contributed by atoms with Crippen LogP contribution in [0.5, 0.6) is 5.88 Å². The van der Waals surface area contributed by atoms with Crippen LogP contribution in [0.2, 0.25) is 0 Å². The van der Waals surface area contributed by atoms with E-state index in [9.17, 15) is 19.8 Å². The van der Waals surface area contributed by atoms with Gasteiger partial charge in [0.2, 0.25) is 5.88 Å². The highest BCUT2D eigenvalue weighted by atomic mass is 32.1. The van der Waals surface area contributed by atoms with E-state index >= 15 is 0 Å². The van der Waals surface area contributed by atoms with Gasteiger partial charge in [-0.05, 0) is 23.8 Å². The lowest BCUT2D eigenvalue weighted by atomic mass is 10.1. The molecule has 1 aromatic carbocycles. The fourth-order valence-electron chi connectivity index (χ4n) is 2.85. The van der Waals surface area contributed by atoms with Gasteiger partial charge in [0, 0.05) is 43.8 Å². The second-order valence-corrected chi connectivity index (χ2v) is 6.50. The Hall–Kier alpha value is -3.20. The molecule has 3 rings (SSSR count). The van der Waals surface area contributed by atoms with Crippen molar-refractivity contribution in [3.05, 3.63) is 56.7 Å². The lowest BCUT2D eigenvalue weighted by Crippen LogP contribution is -2.26. The molecule has 0 aliphatic carbocycles. The second kappa shape index (κ2) is 7.20. The van der Waals surface area contributed by atoms with Crippen molar-refractivity contribution in [2.24, 2.45) is 19.1 Å². The number of carbonyl (C=O) groups is 1. The van der Waals surface area contributed by atoms with Crippen LogP contribution in [0.15, 0.2) is 40.2 Å². The molecule has 0 radical (unpaired) electrons. The molecule has 9 heteroatoms. The molecule has 2 aromatic heterocycles. The van der Waals surface area contributed by atoms with E-state index in [-0.39, 0.29) is 22.6 Å². The topological polar surface area (TPSA) is 113 Å². The maximum Gasteiger partial charge on any atom is 0.328 e. The van der Waals surface area contributed by atoms with E-state index in [0.717, 1.165) is 22.7 Å². The van der Waals surface area contributed by atoms with Crippen LogP contribution in [0.3, 0.4) is 0 Å². The van der Waals surface area contributed by atoms with Crippen molar-refractivity contribution in [1.82, 2.24) is 14.1 Å². The van der Waals surface area contributed by atoms with Crippen LogP contribution in [0.4, 0.5) is 0 Å². The number of carboxylic acid groups (broad SMARTS) is 1. The third-order valence-electron chi connectivity index (χ3n) is 4.42. The first-order valence-electron chi connectivity index (χ1n) is 8.11. The number of fused-ring (bicyclic) bond motifs is 1. The van der Waals surface area contributed by atoms with Gasteiger partial charge in [-0.2, -0.15) is 0 Å². The van der Waals surface area contributed by atoms with Crippen molar-refractivity contribution in [2.45, 2.75) is 12.5 Å². The minimum absolute atomic E-state index is 0.112. The van der Waals surface area contributed by atoms with Crippen LogP contribution in [0.25, 0.3) is 10.9 Å². The van der Waals surface area contributed by atoms with Crippen molar-refractivity contribution >= 4 is 35.3 Å². The molecular weight excluding hydrogens is 368 g/mol. The van der Waals surface area contributed by atoms with Gasteiger partial charge in [-0.15, -0.1) is 0 Å². The highest BCUT2D eigenvalue weighted by molar-refractivity contribution is 7.71. The van der Waals surface area contributed by atoms with E-state index in [0.29, 0.717) is 0 Å². The standard InChI is InChI=1S/C18H18N4O4S/c1-21-15(23)12(16(24)22(2)18(21)27)9-20-14(17(25)26)7-10-8-19-13-6-4-3-5-11(10)13/h3-6,8-9,14,19,23H,7H2,1-2H3,(H,25,26)/t14-/m1/s1. The number of aromatic amines is 1. The third kappa shape index (κ3) is 3.41. The highest BCUT2D eigenvalue weighted by Gasteiger charge is 2.19. The second-order valence-electron chi connectivity index (χ2n) is 6.14. The summed E-state index contributed by atoms with van der Waals surface area (Å²) < 4.78 is 2.59. The Balaban J connectivity index is 1.98. The van der Waals surface area contributed by atoms with Gasteiger partial charge in [-0.1, -0.05) is 18.2 Å². The van der Waals surface area contributed by atoms with E-state index in [4.69, 9.17) is 12.2 Å². The number of aliphatic imine (C=N–C) groups is 1. The van der Waals surface area contributed by atoms with Crippen molar-refractivity contribution in [1.29, 1.82) is 0 Å². The quantitative estimate of drug-likeness (QED) is 0.457. The largest absolute Gasteiger partial charge is 0.494 e. The van der Waals surface area contributed by atoms with Crippen molar-refractivity contribution in [3.63, 3.8) is 0 Å². The molecule has 2 heterocycles. The molecule has 0 aliphatic heterocycles. The van der Waals surface area contributed by atoms with Crippen LogP contribution < -0.4 is 5.56 Å². The predicted octanol–water partition coefficient (Wildman–Crippen LogP) is 1.75. The molecule has 0 bridgehead atoms. The monoisotopic (exact) mass is 386 g/mol. The van der Waals surface area contributed by atoms with Crippen LogP contribution in [-0.4, -0.2) is 42.6 Å². The van der Waals surface area contributed by atoms with Crippen molar-refractivity contribution in [3.8, 4) is 5.88 Å². The molecule has 3 aromatic rings.